The van der Waals surface area contributed by atoms with Gasteiger partial charge in [0.15, 0.2) is 0 Å². The zero-order valence-corrected chi connectivity index (χ0v) is 4.39. The van der Waals surface area contributed by atoms with Crippen LogP contribution in [0.2, 0.25) is 0 Å². The summed E-state index contributed by atoms with van der Waals surface area (Å²) < 4.78 is 0. The van der Waals surface area contributed by atoms with E-state index in [1.165, 1.54) is 0 Å². The maximum Gasteiger partial charge on any atom is 3.00 e. The molecule has 0 aliphatic rings. The molecule has 31 valence electrons. The summed E-state index contributed by atoms with van der Waals surface area (Å²) >= 11 is 0. The van der Waals surface area contributed by atoms with E-state index < -0.39 is 7.32 Å². The predicted octanol–water partition coefficient (Wildman–Crippen LogP) is -3.95. The first kappa shape index (κ1) is 9.16. The molecule has 0 saturated carbocycles. The van der Waals surface area contributed by atoms with E-state index in [2.05, 4.69) is 0 Å². The molecule has 1 radical (unpaired) electrons. The third-order valence-electron chi connectivity index (χ3n) is 0. The van der Waals surface area contributed by atoms with Crippen molar-refractivity contribution in [3.63, 3.8) is 0 Å². The summed E-state index contributed by atoms with van der Waals surface area (Å²) in [6.45, 7) is 0. The molecular weight excluding hydrogens is 254 g/mol. The Morgan fingerprint density at radius 2 is 1.00 bits per heavy atom. The third kappa shape index (κ3) is 80.1. The number of hydrogen-bond donors (Lipinski definition) is 0. The molecule has 0 rings (SSSR count). The van der Waals surface area contributed by atoms with Gasteiger partial charge in [0, 0.05) is 0 Å². The molecule has 0 N–H and O–H groups in total. The average molecular weight is 254 g/mol. The standard InChI is InChI=1S/BO3.Pt/c2-1(3)4;/q-3;+3. The molecule has 0 unspecified atom stereocenters. The van der Waals surface area contributed by atoms with Crippen LogP contribution in [-0.2, 0) is 21.1 Å². The van der Waals surface area contributed by atoms with Gasteiger partial charge in [-0.15, -0.1) is 0 Å². The van der Waals surface area contributed by atoms with E-state index in [1.54, 1.807) is 0 Å². The van der Waals surface area contributed by atoms with Crippen LogP contribution in [0.1, 0.15) is 0 Å². The van der Waals surface area contributed by atoms with E-state index in [1.807, 2.05) is 0 Å². The van der Waals surface area contributed by atoms with Crippen molar-refractivity contribution in [2.24, 2.45) is 0 Å². The van der Waals surface area contributed by atoms with Crippen LogP contribution in [-0.4, -0.2) is 7.32 Å². The summed E-state index contributed by atoms with van der Waals surface area (Å²) in [6.07, 6.45) is 0. The van der Waals surface area contributed by atoms with E-state index >= 15 is 0 Å². The van der Waals surface area contributed by atoms with Crippen molar-refractivity contribution in [2.45, 2.75) is 0 Å². The third-order valence-corrected chi connectivity index (χ3v) is 0. The topological polar surface area (TPSA) is 69.2 Å². The van der Waals surface area contributed by atoms with E-state index in [4.69, 9.17) is 15.1 Å². The summed E-state index contributed by atoms with van der Waals surface area (Å²) in [5.41, 5.74) is 0. The molecule has 0 bridgehead atoms. The Morgan fingerprint density at radius 3 is 1.00 bits per heavy atom. The first-order valence-electron chi connectivity index (χ1n) is 0.707. The Hall–Kier alpha value is 0.633. The smallest absolute Gasteiger partial charge is 0.907 e. The van der Waals surface area contributed by atoms with Gasteiger partial charge in [0.05, 0.1) is 0 Å². The Morgan fingerprint density at radius 1 is 1.00 bits per heavy atom. The molecule has 0 aliphatic carbocycles. The first-order chi connectivity index (χ1) is 1.73. The maximum absolute atomic E-state index is 8.42. The molecule has 0 aromatic rings. The van der Waals surface area contributed by atoms with Gasteiger partial charge in [-0.05, 0) is 0 Å². The molecule has 0 aromatic heterocycles. The maximum atomic E-state index is 8.42. The quantitative estimate of drug-likeness (QED) is 0.414. The van der Waals surface area contributed by atoms with E-state index in [-0.39, 0.29) is 21.1 Å². The fourth-order valence-corrected chi connectivity index (χ4v) is 0. The summed E-state index contributed by atoms with van der Waals surface area (Å²) in [6, 6.07) is 0. The Balaban J connectivity index is 0. The van der Waals surface area contributed by atoms with Crippen molar-refractivity contribution < 1.29 is 36.1 Å². The zero-order chi connectivity index (χ0) is 3.58. The Labute approximate surface area is 44.1 Å². The number of hydrogen-bond acceptors (Lipinski definition) is 3. The molecule has 5 heteroatoms. The van der Waals surface area contributed by atoms with Crippen LogP contribution < -0.4 is 15.1 Å². The summed E-state index contributed by atoms with van der Waals surface area (Å²) in [5, 5.41) is 25.2. The van der Waals surface area contributed by atoms with Gasteiger partial charge in [-0.1, -0.05) is 0 Å². The summed E-state index contributed by atoms with van der Waals surface area (Å²) in [4.78, 5) is 0. The molecule has 0 fully saturated rings. The molecular formula is BO3Pt. The van der Waals surface area contributed by atoms with Gasteiger partial charge in [-0.25, -0.2) is 0 Å². The molecule has 0 heterocycles. The van der Waals surface area contributed by atoms with Crippen molar-refractivity contribution >= 4 is 7.32 Å². The fraction of sp³-hybridized carbons (Fsp3) is 0. The van der Waals surface area contributed by atoms with Crippen LogP contribution in [0.25, 0.3) is 0 Å². The second-order valence-corrected chi connectivity index (χ2v) is 0.289. The van der Waals surface area contributed by atoms with Crippen LogP contribution in [0.4, 0.5) is 0 Å². The van der Waals surface area contributed by atoms with E-state index in [9.17, 15) is 0 Å². The molecule has 3 nitrogen and oxygen atoms in total. The second kappa shape index (κ2) is 4.63. The minimum atomic E-state index is -2.92. The van der Waals surface area contributed by atoms with Gasteiger partial charge in [0.25, 0.3) is 0 Å². The van der Waals surface area contributed by atoms with Crippen molar-refractivity contribution in [1.29, 1.82) is 0 Å². The van der Waals surface area contributed by atoms with Crippen molar-refractivity contribution in [2.75, 3.05) is 0 Å². The Kier molecular flexibility index (Phi) is 8.49. The monoisotopic (exact) mass is 254 g/mol. The van der Waals surface area contributed by atoms with Crippen molar-refractivity contribution in [3.8, 4) is 0 Å². The molecule has 0 aliphatic heterocycles. The van der Waals surface area contributed by atoms with E-state index in [0.29, 0.717) is 0 Å². The van der Waals surface area contributed by atoms with Crippen molar-refractivity contribution in [1.82, 2.24) is 0 Å². The van der Waals surface area contributed by atoms with Crippen LogP contribution in [0.15, 0.2) is 0 Å². The van der Waals surface area contributed by atoms with Crippen LogP contribution in [0.5, 0.6) is 0 Å². The Bertz CT molecular complexity index is 11.6. The van der Waals surface area contributed by atoms with Crippen molar-refractivity contribution in [3.05, 3.63) is 0 Å². The molecule has 0 amide bonds. The second-order valence-electron chi connectivity index (χ2n) is 0.289. The van der Waals surface area contributed by atoms with E-state index in [0.717, 1.165) is 0 Å². The van der Waals surface area contributed by atoms with Gasteiger partial charge < -0.3 is 15.1 Å². The molecule has 0 atom stereocenters. The minimum Gasteiger partial charge on any atom is -0.907 e. The fourth-order valence-electron chi connectivity index (χ4n) is 0. The first-order valence-corrected chi connectivity index (χ1v) is 0.707. The van der Waals surface area contributed by atoms with Crippen LogP contribution >= 0.6 is 0 Å². The zero-order valence-electron chi connectivity index (χ0n) is 2.12. The van der Waals surface area contributed by atoms with Crippen LogP contribution in [0.3, 0.4) is 0 Å². The number of rotatable bonds is 0. The van der Waals surface area contributed by atoms with Gasteiger partial charge in [0.2, 0.25) is 0 Å². The molecule has 0 spiro atoms. The normalized spacial score (nSPS) is 5.40. The summed E-state index contributed by atoms with van der Waals surface area (Å²) in [5.74, 6) is 0. The predicted molar refractivity (Wildman–Crippen MR) is 5.75 cm³/mol. The van der Waals surface area contributed by atoms with Gasteiger partial charge in [0.1, 0.15) is 0 Å². The summed E-state index contributed by atoms with van der Waals surface area (Å²) in [7, 11) is -2.92. The van der Waals surface area contributed by atoms with Crippen LogP contribution in [0, 0.1) is 0 Å². The SMILES string of the molecule is [O-]B([O-])[O-].[Pt+3]. The molecule has 0 aromatic carbocycles. The molecule has 5 heavy (non-hydrogen) atoms. The molecule has 0 saturated heterocycles. The largest absolute Gasteiger partial charge is 3.00 e. The van der Waals surface area contributed by atoms with Gasteiger partial charge in [-0.3, -0.25) is 7.32 Å². The van der Waals surface area contributed by atoms with Gasteiger partial charge >= 0.3 is 21.1 Å². The minimum absolute atomic E-state index is 0. The average Bonchev–Trinajstić information content (AvgIpc) is 0.811. The van der Waals surface area contributed by atoms with Gasteiger partial charge in [-0.2, -0.15) is 0 Å².